The fourth-order valence-electron chi connectivity index (χ4n) is 0. The summed E-state index contributed by atoms with van der Waals surface area (Å²) in [5.74, 6) is 0. The molecule has 9 heteroatoms. The molecule has 122 valence electrons. The van der Waals surface area contributed by atoms with E-state index in [1.807, 2.05) is 0 Å². The largest absolute Gasteiger partial charge is 0.324 e. The van der Waals surface area contributed by atoms with Crippen molar-refractivity contribution in [3.63, 3.8) is 0 Å². The molecule has 0 unspecified atom stereocenters. The highest BCUT2D eigenvalue weighted by molar-refractivity contribution is 8.13. The van der Waals surface area contributed by atoms with Gasteiger partial charge < -0.3 is 4.57 Å². The lowest BCUT2D eigenvalue weighted by Gasteiger charge is -1.92. The first-order valence-corrected chi connectivity index (χ1v) is 16.6. The summed E-state index contributed by atoms with van der Waals surface area (Å²) < 4.78 is 39.0. The summed E-state index contributed by atoms with van der Waals surface area (Å²) in [5, 5.41) is 0. The molecule has 0 rings (SSSR count). The summed E-state index contributed by atoms with van der Waals surface area (Å²) in [6.07, 6.45) is 5.60. The van der Waals surface area contributed by atoms with Crippen LogP contribution in [-0.4, -0.2) is 77.6 Å². The second kappa shape index (κ2) is 12.7. The molecule has 0 fully saturated rings. The van der Waals surface area contributed by atoms with Crippen molar-refractivity contribution in [2.45, 2.75) is 0 Å². The molecule has 0 aromatic heterocycles. The van der Waals surface area contributed by atoms with Gasteiger partial charge in [0.2, 0.25) is 0 Å². The molecule has 0 aromatic rings. The van der Waals surface area contributed by atoms with Gasteiger partial charge in [0.1, 0.15) is 9.84 Å². The molecule has 0 spiro atoms. The molecule has 0 heterocycles. The van der Waals surface area contributed by atoms with Gasteiger partial charge in [-0.2, -0.15) is 0 Å². The Hall–Kier alpha value is 0.980. The Kier molecular flexibility index (Phi) is 18.8. The molecule has 0 saturated carbocycles. The first-order valence-electron chi connectivity index (χ1n) is 5.18. The third-order valence-electron chi connectivity index (χ3n) is 0. The van der Waals surface area contributed by atoms with Crippen LogP contribution in [0, 0.1) is 0 Å². The molecule has 0 N–H and O–H groups in total. The Morgan fingerprint density at radius 2 is 0.895 bits per heavy atom. The lowest BCUT2D eigenvalue weighted by Crippen LogP contribution is -1.86. The molecule has 19 heavy (non-hydrogen) atoms. The maximum Gasteiger partial charge on any atom is 0.144 e. The van der Waals surface area contributed by atoms with Gasteiger partial charge in [0.25, 0.3) is 0 Å². The third-order valence-corrected chi connectivity index (χ3v) is 0. The van der Waals surface area contributed by atoms with Gasteiger partial charge in [-0.15, -0.1) is 0 Å². The molecule has 0 atom stereocenters. The minimum atomic E-state index is -2.67. The monoisotopic (exact) mass is 372 g/mol. The van der Waals surface area contributed by atoms with Crippen LogP contribution in [0.4, 0.5) is 0 Å². The summed E-state index contributed by atoms with van der Waals surface area (Å²) in [4.78, 5) is 0. The first kappa shape index (κ1) is 28.2. The number of sulfone groups is 1. The molecular formula is C10H30O4P2S3. The summed E-state index contributed by atoms with van der Waals surface area (Å²) in [6, 6.07) is -0.806. The van der Waals surface area contributed by atoms with E-state index < -0.39 is 33.8 Å². The Morgan fingerprint density at radius 1 is 0.895 bits per heavy atom. The van der Waals surface area contributed by atoms with Gasteiger partial charge in [-0.25, -0.2) is 8.42 Å². The van der Waals surface area contributed by atoms with Crippen molar-refractivity contribution in [3.05, 3.63) is 0 Å². The first-order chi connectivity index (χ1) is 7.73. The zero-order chi connectivity index (χ0) is 17.1. The molecule has 0 radical (unpaired) electrons. The van der Waals surface area contributed by atoms with Crippen LogP contribution in [0.25, 0.3) is 0 Å². The molecule has 0 aliphatic carbocycles. The van der Waals surface area contributed by atoms with Crippen LogP contribution in [0.5, 0.6) is 0 Å². The van der Waals surface area contributed by atoms with Crippen LogP contribution < -0.4 is 0 Å². The van der Waals surface area contributed by atoms with E-state index >= 15 is 0 Å². The molecule has 0 aliphatic heterocycles. The van der Waals surface area contributed by atoms with E-state index in [4.69, 9.17) is 11.8 Å². The van der Waals surface area contributed by atoms with Crippen molar-refractivity contribution in [2.24, 2.45) is 0 Å². The molecule has 4 nitrogen and oxygen atoms in total. The van der Waals surface area contributed by atoms with Crippen molar-refractivity contribution in [1.82, 2.24) is 0 Å². The van der Waals surface area contributed by atoms with E-state index in [9.17, 15) is 17.2 Å². The van der Waals surface area contributed by atoms with E-state index in [2.05, 4.69) is 20.0 Å². The van der Waals surface area contributed by atoms with Gasteiger partial charge in [0.05, 0.1) is 7.14 Å². The predicted molar refractivity (Wildman–Crippen MR) is 98.2 cm³/mol. The van der Waals surface area contributed by atoms with Crippen molar-refractivity contribution in [1.29, 1.82) is 0 Å². The third kappa shape index (κ3) is 5700. The van der Waals surface area contributed by atoms with Crippen LogP contribution in [0.3, 0.4) is 0 Å². The van der Waals surface area contributed by atoms with Gasteiger partial charge in [-0.05, 0) is 40.0 Å². The second-order valence-electron chi connectivity index (χ2n) is 5.66. The molecule has 0 bridgehead atoms. The highest BCUT2D eigenvalue weighted by atomic mass is 32.4. The minimum Gasteiger partial charge on any atom is -0.324 e. The summed E-state index contributed by atoms with van der Waals surface area (Å²) in [6.45, 7) is 11.6. The van der Waals surface area contributed by atoms with E-state index in [0.29, 0.717) is 0 Å². The van der Waals surface area contributed by atoms with E-state index in [1.54, 1.807) is 32.5 Å². The average molecular weight is 372 g/mol. The smallest absolute Gasteiger partial charge is 0.144 e. The Bertz CT molecular complexity index is 370. The number of rotatable bonds is 0. The maximum absolute atomic E-state index is 10.2. The van der Waals surface area contributed by atoms with Gasteiger partial charge >= 0.3 is 0 Å². The summed E-state index contributed by atoms with van der Waals surface area (Å²) in [5.41, 5.74) is 0. The van der Waals surface area contributed by atoms with E-state index in [1.165, 1.54) is 0 Å². The van der Waals surface area contributed by atoms with Crippen LogP contribution in [0.2, 0.25) is 0 Å². The van der Waals surface area contributed by atoms with Crippen molar-refractivity contribution >= 4 is 45.6 Å². The Morgan fingerprint density at radius 3 is 0.895 bits per heavy atom. The van der Waals surface area contributed by atoms with Crippen molar-refractivity contribution in [3.8, 4) is 0 Å². The van der Waals surface area contributed by atoms with E-state index in [-0.39, 0.29) is 0 Å². The van der Waals surface area contributed by atoms with Crippen molar-refractivity contribution in [2.75, 3.05) is 65.0 Å². The van der Waals surface area contributed by atoms with Gasteiger partial charge in [0.15, 0.2) is 0 Å². The fraction of sp³-hybridized carbons (Fsp3) is 1.00. The zero-order valence-corrected chi connectivity index (χ0v) is 18.0. The maximum atomic E-state index is 10.2. The molecule has 0 amide bonds. The van der Waals surface area contributed by atoms with Gasteiger partial charge in [-0.1, -0.05) is 17.8 Å². The lowest BCUT2D eigenvalue weighted by molar-refractivity contribution is 0.586. The molecule has 0 saturated heterocycles. The highest BCUT2D eigenvalue weighted by Gasteiger charge is 1.89. The minimum absolute atomic E-state index is 0.611. The van der Waals surface area contributed by atoms with Crippen LogP contribution in [0.15, 0.2) is 0 Å². The normalized spacial score (nSPS) is 11.1. The highest BCUT2D eigenvalue weighted by Crippen LogP contribution is 2.29. The molecular weight excluding hydrogens is 342 g/mol. The van der Waals surface area contributed by atoms with Crippen LogP contribution in [0.1, 0.15) is 0 Å². The van der Waals surface area contributed by atoms with Crippen molar-refractivity contribution < 1.29 is 17.2 Å². The Labute approximate surface area is 127 Å². The molecule has 0 aliphatic rings. The summed E-state index contributed by atoms with van der Waals surface area (Å²) >= 11 is 4.94. The SMILES string of the molecule is CP(C)(C)=O.CP(C)(C)=S.CS(C)(=O)=O.CS(C)=O. The average Bonchev–Trinajstić information content (AvgIpc) is 1.66. The second-order valence-corrected chi connectivity index (χ2v) is 20.3. The van der Waals surface area contributed by atoms with Gasteiger partial charge in [0, 0.05) is 35.8 Å². The van der Waals surface area contributed by atoms with Gasteiger partial charge in [-0.3, -0.25) is 4.21 Å². The standard InChI is InChI=1S/C3H9OP.C3H9PS.C2H6O2S.C2H6OS/c1-5(2,3)4;1-4(2,3)5;1-5(2,3)4;1-4(2)3/h2*1-3H3;1-2H3;1-2H3. The number of hydrogen-bond donors (Lipinski definition) is 0. The lowest BCUT2D eigenvalue weighted by atomic mass is 11.9. The summed E-state index contributed by atoms with van der Waals surface area (Å²) in [7, 11) is -4.92. The quantitative estimate of drug-likeness (QED) is 0.610. The molecule has 0 aromatic carbocycles. The van der Waals surface area contributed by atoms with E-state index in [0.717, 1.165) is 12.5 Å². The predicted octanol–water partition coefficient (Wildman–Crippen LogP) is 2.25. The number of hydrogen-bond acceptors (Lipinski definition) is 5. The Balaban J connectivity index is -0.0000000793. The zero-order valence-electron chi connectivity index (χ0n) is 13.8. The topological polar surface area (TPSA) is 68.3 Å². The van der Waals surface area contributed by atoms with Crippen LogP contribution in [-0.2, 0) is 37.0 Å². The fourth-order valence-corrected chi connectivity index (χ4v) is 0. The van der Waals surface area contributed by atoms with Crippen LogP contribution >= 0.6 is 13.2 Å².